The molecule has 0 amide bonds. The molecule has 0 radical (unpaired) electrons. The summed E-state index contributed by atoms with van der Waals surface area (Å²) < 4.78 is 5.38. The molecule has 0 bridgehead atoms. The van der Waals surface area contributed by atoms with Crippen LogP contribution in [0.1, 0.15) is 32.6 Å². The van der Waals surface area contributed by atoms with Crippen molar-refractivity contribution in [3.8, 4) is 0 Å². The average molecular weight is 275 g/mol. The van der Waals surface area contributed by atoms with Crippen molar-refractivity contribution in [1.29, 1.82) is 0 Å². The third kappa shape index (κ3) is 3.06. The number of nitrogens with zero attached hydrogens (tertiary/aromatic N) is 2. The van der Waals surface area contributed by atoms with Gasteiger partial charge in [-0.2, -0.15) is 0 Å². The van der Waals surface area contributed by atoms with Crippen molar-refractivity contribution in [3.05, 3.63) is 18.3 Å². The third-order valence-corrected chi connectivity index (χ3v) is 4.62. The molecule has 2 fully saturated rings. The van der Waals surface area contributed by atoms with Crippen molar-refractivity contribution in [1.82, 2.24) is 4.98 Å². The number of pyridine rings is 1. The van der Waals surface area contributed by atoms with Crippen LogP contribution in [-0.4, -0.2) is 37.3 Å². The van der Waals surface area contributed by atoms with Crippen LogP contribution in [0.5, 0.6) is 0 Å². The van der Waals surface area contributed by atoms with Gasteiger partial charge in [-0.25, -0.2) is 4.98 Å². The summed E-state index contributed by atoms with van der Waals surface area (Å²) in [4.78, 5) is 6.89. The van der Waals surface area contributed by atoms with Crippen molar-refractivity contribution >= 4 is 11.5 Å². The first-order valence-corrected chi connectivity index (χ1v) is 7.92. The quantitative estimate of drug-likeness (QED) is 0.917. The van der Waals surface area contributed by atoms with E-state index in [9.17, 15) is 0 Å². The standard InChI is InChI=1S/C16H25N3O/c1-2-13-4-3-5-15(13)18-14-6-7-16(17-12-14)19-8-10-20-11-9-19/h6-7,12-13,15,18H,2-5,8-11H2,1H3. The minimum absolute atomic E-state index is 0.635. The maximum atomic E-state index is 5.38. The number of ether oxygens (including phenoxy) is 1. The lowest BCUT2D eigenvalue weighted by atomic mass is 10.0. The van der Waals surface area contributed by atoms with Gasteiger partial charge in [0.1, 0.15) is 5.82 Å². The fourth-order valence-electron chi connectivity index (χ4n) is 3.38. The Labute approximate surface area is 121 Å². The van der Waals surface area contributed by atoms with Gasteiger partial charge < -0.3 is 15.0 Å². The van der Waals surface area contributed by atoms with Gasteiger partial charge in [-0.3, -0.25) is 0 Å². The summed E-state index contributed by atoms with van der Waals surface area (Å²) in [5.41, 5.74) is 1.16. The van der Waals surface area contributed by atoms with Crippen LogP contribution in [0, 0.1) is 5.92 Å². The van der Waals surface area contributed by atoms with Crippen molar-refractivity contribution in [2.24, 2.45) is 5.92 Å². The van der Waals surface area contributed by atoms with E-state index in [1.54, 1.807) is 0 Å². The molecular weight excluding hydrogens is 250 g/mol. The maximum Gasteiger partial charge on any atom is 0.128 e. The molecule has 1 N–H and O–H groups in total. The molecule has 1 aliphatic carbocycles. The SMILES string of the molecule is CCC1CCCC1Nc1ccc(N2CCOCC2)nc1. The summed E-state index contributed by atoms with van der Waals surface area (Å²) in [6.45, 7) is 5.80. The minimum atomic E-state index is 0.635. The van der Waals surface area contributed by atoms with Crippen LogP contribution in [0.2, 0.25) is 0 Å². The van der Waals surface area contributed by atoms with Crippen molar-refractivity contribution in [2.45, 2.75) is 38.6 Å². The van der Waals surface area contributed by atoms with Gasteiger partial charge in [-0.15, -0.1) is 0 Å². The first-order chi connectivity index (χ1) is 9.86. The molecule has 1 saturated carbocycles. The summed E-state index contributed by atoms with van der Waals surface area (Å²) in [5.74, 6) is 1.89. The molecule has 1 aromatic rings. The zero-order chi connectivity index (χ0) is 13.8. The topological polar surface area (TPSA) is 37.4 Å². The summed E-state index contributed by atoms with van der Waals surface area (Å²) >= 11 is 0. The number of hydrogen-bond donors (Lipinski definition) is 1. The predicted octanol–water partition coefficient (Wildman–Crippen LogP) is 2.91. The zero-order valence-corrected chi connectivity index (χ0v) is 12.3. The molecule has 2 aliphatic rings. The summed E-state index contributed by atoms with van der Waals surface area (Å²) in [5, 5.41) is 3.67. The highest BCUT2D eigenvalue weighted by atomic mass is 16.5. The molecule has 1 aromatic heterocycles. The highest BCUT2D eigenvalue weighted by Crippen LogP contribution is 2.30. The molecule has 1 saturated heterocycles. The number of nitrogens with one attached hydrogen (secondary N) is 1. The van der Waals surface area contributed by atoms with Gasteiger partial charge >= 0.3 is 0 Å². The van der Waals surface area contributed by atoms with E-state index in [4.69, 9.17) is 4.74 Å². The minimum Gasteiger partial charge on any atom is -0.381 e. The number of aromatic nitrogens is 1. The van der Waals surface area contributed by atoms with Crippen LogP contribution < -0.4 is 10.2 Å². The summed E-state index contributed by atoms with van der Waals surface area (Å²) in [6.07, 6.45) is 7.28. The van der Waals surface area contributed by atoms with E-state index in [0.717, 1.165) is 43.7 Å². The van der Waals surface area contributed by atoms with Gasteiger partial charge in [-0.1, -0.05) is 19.8 Å². The van der Waals surface area contributed by atoms with Crippen molar-refractivity contribution < 1.29 is 4.74 Å². The maximum absolute atomic E-state index is 5.38. The summed E-state index contributed by atoms with van der Waals surface area (Å²) in [6, 6.07) is 4.93. The number of rotatable bonds is 4. The second-order valence-electron chi connectivity index (χ2n) is 5.85. The largest absolute Gasteiger partial charge is 0.381 e. The lowest BCUT2D eigenvalue weighted by molar-refractivity contribution is 0.122. The lowest BCUT2D eigenvalue weighted by Crippen LogP contribution is -2.36. The Morgan fingerprint density at radius 1 is 1.30 bits per heavy atom. The van der Waals surface area contributed by atoms with Crippen molar-refractivity contribution in [2.75, 3.05) is 36.5 Å². The first kappa shape index (κ1) is 13.7. The van der Waals surface area contributed by atoms with E-state index >= 15 is 0 Å². The molecule has 2 heterocycles. The van der Waals surface area contributed by atoms with E-state index in [1.807, 2.05) is 6.20 Å². The first-order valence-electron chi connectivity index (χ1n) is 7.92. The fraction of sp³-hybridized carbons (Fsp3) is 0.688. The third-order valence-electron chi connectivity index (χ3n) is 4.62. The molecule has 20 heavy (non-hydrogen) atoms. The molecule has 2 unspecified atom stereocenters. The highest BCUT2D eigenvalue weighted by Gasteiger charge is 2.25. The average Bonchev–Trinajstić information content (AvgIpc) is 2.96. The Kier molecular flexibility index (Phi) is 4.41. The second kappa shape index (κ2) is 6.44. The van der Waals surface area contributed by atoms with Crippen LogP contribution in [0.25, 0.3) is 0 Å². The molecule has 4 heteroatoms. The van der Waals surface area contributed by atoms with E-state index in [1.165, 1.54) is 25.7 Å². The number of anilines is 2. The smallest absolute Gasteiger partial charge is 0.128 e. The molecule has 1 aliphatic heterocycles. The molecule has 2 atom stereocenters. The Bertz CT molecular complexity index is 414. The monoisotopic (exact) mass is 275 g/mol. The van der Waals surface area contributed by atoms with Gasteiger partial charge in [0, 0.05) is 19.1 Å². The number of morpholine rings is 1. The second-order valence-corrected chi connectivity index (χ2v) is 5.85. The predicted molar refractivity (Wildman–Crippen MR) is 82.3 cm³/mol. The van der Waals surface area contributed by atoms with E-state index in [-0.39, 0.29) is 0 Å². The zero-order valence-electron chi connectivity index (χ0n) is 12.3. The van der Waals surface area contributed by atoms with Crippen LogP contribution in [0.4, 0.5) is 11.5 Å². The van der Waals surface area contributed by atoms with Gasteiger partial charge in [0.25, 0.3) is 0 Å². The molecule has 110 valence electrons. The summed E-state index contributed by atoms with van der Waals surface area (Å²) in [7, 11) is 0. The van der Waals surface area contributed by atoms with E-state index < -0.39 is 0 Å². The molecular formula is C16H25N3O. The molecule has 0 aromatic carbocycles. The van der Waals surface area contributed by atoms with Gasteiger partial charge in [0.05, 0.1) is 25.1 Å². The normalized spacial score (nSPS) is 26.8. The van der Waals surface area contributed by atoms with Gasteiger partial charge in [-0.05, 0) is 30.9 Å². The fourth-order valence-corrected chi connectivity index (χ4v) is 3.38. The van der Waals surface area contributed by atoms with Gasteiger partial charge in [0.15, 0.2) is 0 Å². The van der Waals surface area contributed by atoms with E-state index in [2.05, 4.69) is 34.3 Å². The Hall–Kier alpha value is -1.29. The van der Waals surface area contributed by atoms with Gasteiger partial charge in [0.2, 0.25) is 0 Å². The Morgan fingerprint density at radius 2 is 2.15 bits per heavy atom. The molecule has 4 nitrogen and oxygen atoms in total. The Morgan fingerprint density at radius 3 is 2.85 bits per heavy atom. The van der Waals surface area contributed by atoms with Crippen LogP contribution in [0.3, 0.4) is 0 Å². The Balaban J connectivity index is 1.61. The number of hydrogen-bond acceptors (Lipinski definition) is 4. The highest BCUT2D eigenvalue weighted by molar-refractivity contribution is 5.49. The lowest BCUT2D eigenvalue weighted by Gasteiger charge is -2.28. The van der Waals surface area contributed by atoms with E-state index in [0.29, 0.717) is 6.04 Å². The van der Waals surface area contributed by atoms with Crippen molar-refractivity contribution in [3.63, 3.8) is 0 Å². The van der Waals surface area contributed by atoms with Crippen LogP contribution in [0.15, 0.2) is 18.3 Å². The molecule has 3 rings (SSSR count). The van der Waals surface area contributed by atoms with Crippen LogP contribution >= 0.6 is 0 Å². The molecule has 0 spiro atoms. The van der Waals surface area contributed by atoms with Crippen LogP contribution in [-0.2, 0) is 4.74 Å².